The van der Waals surface area contributed by atoms with Crippen molar-refractivity contribution < 1.29 is 0 Å². The van der Waals surface area contributed by atoms with Crippen LogP contribution in [0.5, 0.6) is 0 Å². The van der Waals surface area contributed by atoms with E-state index in [1.165, 1.54) is 0 Å². The third-order valence-corrected chi connectivity index (χ3v) is 9.73. The first-order valence-corrected chi connectivity index (χ1v) is 16.5. The van der Waals surface area contributed by atoms with Crippen LogP contribution in [0.25, 0.3) is 0 Å². The van der Waals surface area contributed by atoms with Gasteiger partial charge in [-0.3, -0.25) is 0 Å². The van der Waals surface area contributed by atoms with Crippen LogP contribution in [0.15, 0.2) is 180 Å². The van der Waals surface area contributed by atoms with Gasteiger partial charge < -0.3 is 9.80 Å². The second-order valence-corrected chi connectivity index (χ2v) is 13.2. The summed E-state index contributed by atoms with van der Waals surface area (Å²) >= 11 is 0. The fourth-order valence-corrected chi connectivity index (χ4v) is 6.32. The van der Waals surface area contributed by atoms with E-state index >= 15 is 0 Å². The van der Waals surface area contributed by atoms with Gasteiger partial charge in [0.25, 0.3) is 0 Å². The molecule has 4 nitrogen and oxygen atoms in total. The Morgan fingerprint density at radius 3 is 1.10 bits per heavy atom. The standard InChI is InChI=1S/C44H40N4/c1-43(2)41(33-25-29-39(30-26-33)47(35-17-9-5-10-18-35)36-19-11-6-12-20-36)46-42(44(43,3)4)45-34-27-31-40(32-28-34)48(37-21-13-7-14-22-37)38-23-15-8-16-24-38/h5-32H,1-4H3. The number of anilines is 6. The van der Waals surface area contributed by atoms with E-state index in [4.69, 9.17) is 9.98 Å². The average Bonchev–Trinajstić information content (AvgIpc) is 3.30. The molecule has 0 aromatic heterocycles. The van der Waals surface area contributed by atoms with Crippen LogP contribution in [0.2, 0.25) is 0 Å². The number of benzene rings is 6. The number of nitrogens with zero attached hydrogens (tertiary/aromatic N) is 4. The van der Waals surface area contributed by atoms with E-state index in [-0.39, 0.29) is 10.8 Å². The molecule has 236 valence electrons. The Balaban J connectivity index is 1.20. The maximum atomic E-state index is 5.25. The van der Waals surface area contributed by atoms with Gasteiger partial charge in [0.1, 0.15) is 5.84 Å². The van der Waals surface area contributed by atoms with Gasteiger partial charge in [-0.15, -0.1) is 0 Å². The first-order chi connectivity index (χ1) is 23.3. The molecule has 6 aromatic carbocycles. The van der Waals surface area contributed by atoms with E-state index in [1.54, 1.807) is 0 Å². The van der Waals surface area contributed by atoms with E-state index in [0.717, 1.165) is 56.9 Å². The molecular weight excluding hydrogens is 585 g/mol. The Morgan fingerprint density at radius 2 is 0.729 bits per heavy atom. The summed E-state index contributed by atoms with van der Waals surface area (Å²) in [5, 5.41) is 0. The molecule has 1 heterocycles. The number of aliphatic imine (C=N–C) groups is 2. The molecule has 1 aliphatic heterocycles. The van der Waals surface area contributed by atoms with Crippen molar-refractivity contribution in [1.29, 1.82) is 0 Å². The molecule has 4 heteroatoms. The Labute approximate surface area is 284 Å². The summed E-state index contributed by atoms with van der Waals surface area (Å²) in [5.74, 6) is 0.845. The number of hydrogen-bond donors (Lipinski definition) is 0. The average molecular weight is 625 g/mol. The molecule has 1 aliphatic rings. The maximum absolute atomic E-state index is 5.25. The van der Waals surface area contributed by atoms with Crippen LogP contribution in [-0.2, 0) is 0 Å². The van der Waals surface area contributed by atoms with Crippen LogP contribution >= 0.6 is 0 Å². The van der Waals surface area contributed by atoms with Crippen molar-refractivity contribution in [3.8, 4) is 0 Å². The summed E-state index contributed by atoms with van der Waals surface area (Å²) in [7, 11) is 0. The minimum Gasteiger partial charge on any atom is -0.311 e. The zero-order chi connectivity index (χ0) is 33.1. The molecule has 6 aromatic rings. The third kappa shape index (κ3) is 5.82. The van der Waals surface area contributed by atoms with Crippen LogP contribution in [0.1, 0.15) is 33.3 Å². The smallest absolute Gasteiger partial charge is 0.135 e. The zero-order valence-electron chi connectivity index (χ0n) is 28.0. The molecule has 0 N–H and O–H groups in total. The molecule has 0 unspecified atom stereocenters. The first kappa shape index (κ1) is 30.9. The van der Waals surface area contributed by atoms with Gasteiger partial charge in [-0.05, 0) is 90.5 Å². The highest BCUT2D eigenvalue weighted by Gasteiger charge is 2.50. The van der Waals surface area contributed by atoms with Gasteiger partial charge in [-0.2, -0.15) is 0 Å². The molecule has 48 heavy (non-hydrogen) atoms. The van der Waals surface area contributed by atoms with E-state index in [1.807, 2.05) is 12.1 Å². The van der Waals surface area contributed by atoms with E-state index < -0.39 is 0 Å². The SMILES string of the molecule is CC1(C)C(=Nc2ccc(N(c3ccccc3)c3ccccc3)cc2)N=C(c2ccc(N(c3ccccc3)c3ccccc3)cc2)C1(C)C. The topological polar surface area (TPSA) is 31.2 Å². The number of para-hydroxylation sites is 4. The molecule has 0 amide bonds. The van der Waals surface area contributed by atoms with Crippen molar-refractivity contribution in [3.63, 3.8) is 0 Å². The van der Waals surface area contributed by atoms with Gasteiger partial charge in [-0.1, -0.05) is 113 Å². The van der Waals surface area contributed by atoms with Crippen molar-refractivity contribution in [2.75, 3.05) is 9.80 Å². The Bertz CT molecular complexity index is 1950. The number of rotatable bonds is 8. The monoisotopic (exact) mass is 624 g/mol. The third-order valence-electron chi connectivity index (χ3n) is 9.73. The Hall–Kier alpha value is -5.74. The summed E-state index contributed by atoms with van der Waals surface area (Å²) in [6, 6.07) is 59.1. The summed E-state index contributed by atoms with van der Waals surface area (Å²) in [6.07, 6.45) is 0. The zero-order valence-corrected chi connectivity index (χ0v) is 28.0. The highest BCUT2D eigenvalue weighted by molar-refractivity contribution is 6.18. The predicted molar refractivity (Wildman–Crippen MR) is 203 cm³/mol. The quantitative estimate of drug-likeness (QED) is 0.169. The molecule has 7 rings (SSSR count). The van der Waals surface area contributed by atoms with Crippen molar-refractivity contribution in [3.05, 3.63) is 175 Å². The van der Waals surface area contributed by atoms with Gasteiger partial charge in [-0.25, -0.2) is 9.98 Å². The van der Waals surface area contributed by atoms with Gasteiger partial charge in [0.05, 0.1) is 11.4 Å². The van der Waals surface area contributed by atoms with E-state index in [9.17, 15) is 0 Å². The molecule has 0 spiro atoms. The largest absolute Gasteiger partial charge is 0.311 e. The predicted octanol–water partition coefficient (Wildman–Crippen LogP) is 12.2. The first-order valence-electron chi connectivity index (χ1n) is 16.5. The highest BCUT2D eigenvalue weighted by atomic mass is 15.1. The van der Waals surface area contributed by atoms with Crippen LogP contribution in [0.4, 0.5) is 39.8 Å². The molecule has 0 aliphatic carbocycles. The van der Waals surface area contributed by atoms with Crippen LogP contribution in [0.3, 0.4) is 0 Å². The second-order valence-electron chi connectivity index (χ2n) is 13.2. The summed E-state index contributed by atoms with van der Waals surface area (Å²) in [6.45, 7) is 9.07. The Morgan fingerprint density at radius 1 is 0.396 bits per heavy atom. The molecule has 0 radical (unpaired) electrons. The lowest BCUT2D eigenvalue weighted by atomic mass is 9.65. The molecular formula is C44H40N4. The van der Waals surface area contributed by atoms with Crippen LogP contribution in [0, 0.1) is 10.8 Å². The van der Waals surface area contributed by atoms with Crippen LogP contribution in [-0.4, -0.2) is 11.5 Å². The highest BCUT2D eigenvalue weighted by Crippen LogP contribution is 2.49. The molecule has 0 bridgehead atoms. The van der Waals surface area contributed by atoms with E-state index in [2.05, 4.69) is 195 Å². The van der Waals surface area contributed by atoms with Crippen molar-refractivity contribution in [2.24, 2.45) is 20.8 Å². The van der Waals surface area contributed by atoms with Gasteiger partial charge in [0.15, 0.2) is 0 Å². The second kappa shape index (κ2) is 12.8. The van der Waals surface area contributed by atoms with Crippen molar-refractivity contribution in [1.82, 2.24) is 0 Å². The summed E-state index contributed by atoms with van der Waals surface area (Å²) < 4.78 is 0. The summed E-state index contributed by atoms with van der Waals surface area (Å²) in [5.41, 5.74) is 9.17. The lowest BCUT2D eigenvalue weighted by Gasteiger charge is -2.35. The fourth-order valence-electron chi connectivity index (χ4n) is 6.32. The number of amidine groups is 1. The number of hydrogen-bond acceptors (Lipinski definition) is 3. The van der Waals surface area contributed by atoms with Gasteiger partial charge in [0.2, 0.25) is 0 Å². The fraction of sp³-hybridized carbons (Fsp3) is 0.136. The minimum atomic E-state index is -0.278. The lowest BCUT2D eigenvalue weighted by molar-refractivity contribution is 0.299. The van der Waals surface area contributed by atoms with E-state index in [0.29, 0.717) is 0 Å². The van der Waals surface area contributed by atoms with Gasteiger partial charge >= 0.3 is 0 Å². The normalized spacial score (nSPS) is 15.6. The molecule has 0 saturated heterocycles. The molecule has 0 fully saturated rings. The van der Waals surface area contributed by atoms with Crippen molar-refractivity contribution >= 4 is 51.4 Å². The molecule has 0 saturated carbocycles. The lowest BCUT2D eigenvalue weighted by Crippen LogP contribution is -2.38. The maximum Gasteiger partial charge on any atom is 0.135 e. The Kier molecular flexibility index (Phi) is 8.24. The van der Waals surface area contributed by atoms with Crippen LogP contribution < -0.4 is 9.80 Å². The van der Waals surface area contributed by atoms with Gasteiger partial charge in [0, 0.05) is 45.0 Å². The summed E-state index contributed by atoms with van der Waals surface area (Å²) in [4.78, 5) is 14.9. The minimum absolute atomic E-state index is 0.233. The van der Waals surface area contributed by atoms with Crippen molar-refractivity contribution in [2.45, 2.75) is 27.7 Å². The molecule has 0 atom stereocenters.